The number of aromatic amines is 1. The van der Waals surface area contributed by atoms with Crippen LogP contribution in [0.1, 0.15) is 24.1 Å². The molecule has 1 amide bonds. The molecule has 0 saturated heterocycles. The molecule has 0 spiro atoms. The van der Waals surface area contributed by atoms with Crippen LogP contribution >= 0.6 is 0 Å². The van der Waals surface area contributed by atoms with Crippen LogP contribution in [0.5, 0.6) is 0 Å². The second-order valence-electron chi connectivity index (χ2n) is 8.08. The fourth-order valence-corrected chi connectivity index (χ4v) is 3.96. The lowest BCUT2D eigenvalue weighted by atomic mass is 9.93. The molecule has 7 nitrogen and oxygen atoms in total. The molecule has 5 rings (SSSR count). The Kier molecular flexibility index (Phi) is 5.30. The van der Waals surface area contributed by atoms with E-state index in [1.165, 1.54) is 30.3 Å². The van der Waals surface area contributed by atoms with E-state index in [9.17, 15) is 26.7 Å². The van der Waals surface area contributed by atoms with Gasteiger partial charge in [0.25, 0.3) is 0 Å². The summed E-state index contributed by atoms with van der Waals surface area (Å²) in [6, 6.07) is 9.89. The predicted molar refractivity (Wildman–Crippen MR) is 114 cm³/mol. The minimum absolute atomic E-state index is 0.0900. The molecule has 0 atom stereocenters. The largest absolute Gasteiger partial charge is 0.433 e. The monoisotopic (exact) mass is 486 g/mol. The number of carbonyl (C=O) groups excluding carboxylic acids is 1. The molecule has 0 unspecified atom stereocenters. The zero-order valence-electron chi connectivity index (χ0n) is 17.7. The third-order valence-corrected chi connectivity index (χ3v) is 5.86. The van der Waals surface area contributed by atoms with Crippen molar-refractivity contribution in [1.82, 2.24) is 25.6 Å². The van der Waals surface area contributed by atoms with E-state index >= 15 is 0 Å². The third-order valence-electron chi connectivity index (χ3n) is 5.86. The van der Waals surface area contributed by atoms with Gasteiger partial charge in [0.1, 0.15) is 17.3 Å². The lowest BCUT2D eigenvalue weighted by Gasteiger charge is -2.18. The highest BCUT2D eigenvalue weighted by atomic mass is 19.4. The van der Waals surface area contributed by atoms with Crippen molar-refractivity contribution in [2.24, 2.45) is 0 Å². The number of benzene rings is 2. The van der Waals surface area contributed by atoms with E-state index in [-0.39, 0.29) is 22.6 Å². The summed E-state index contributed by atoms with van der Waals surface area (Å²) >= 11 is 0. The highest BCUT2D eigenvalue weighted by Crippen LogP contribution is 2.50. The highest BCUT2D eigenvalue weighted by molar-refractivity contribution is 6.02. The minimum Gasteiger partial charge on any atom is -0.325 e. The van der Waals surface area contributed by atoms with Crippen LogP contribution in [0.25, 0.3) is 22.5 Å². The smallest absolute Gasteiger partial charge is 0.325 e. The first kappa shape index (κ1) is 22.6. The van der Waals surface area contributed by atoms with Crippen molar-refractivity contribution in [3.63, 3.8) is 0 Å². The first-order valence-electron chi connectivity index (χ1n) is 10.4. The number of nitrogens with zero attached hydrogens (tertiary/aromatic N) is 4. The van der Waals surface area contributed by atoms with Crippen LogP contribution in [0.2, 0.25) is 0 Å². The van der Waals surface area contributed by atoms with Gasteiger partial charge < -0.3 is 5.32 Å². The van der Waals surface area contributed by atoms with E-state index in [0.717, 1.165) is 24.4 Å². The minimum atomic E-state index is -4.63. The number of aromatic nitrogens is 5. The first-order valence-corrected chi connectivity index (χ1v) is 10.4. The van der Waals surface area contributed by atoms with E-state index in [1.807, 2.05) is 0 Å². The Morgan fingerprint density at radius 3 is 2.46 bits per heavy atom. The normalized spacial score (nSPS) is 14.5. The summed E-state index contributed by atoms with van der Waals surface area (Å²) < 4.78 is 67.2. The fraction of sp³-hybridized carbons (Fsp3) is 0.174. The number of carbonyl (C=O) groups is 1. The number of halogens is 5. The summed E-state index contributed by atoms with van der Waals surface area (Å²) in [5, 5.41) is 16.3. The number of pyridine rings is 1. The molecule has 2 aromatic heterocycles. The maximum absolute atomic E-state index is 14.4. The van der Waals surface area contributed by atoms with Gasteiger partial charge in [-0.2, -0.15) is 18.4 Å². The molecule has 178 valence electrons. The zero-order valence-corrected chi connectivity index (χ0v) is 17.7. The Labute approximate surface area is 194 Å². The number of amides is 1. The Balaban J connectivity index is 1.50. The Bertz CT molecular complexity index is 1420. The molecule has 2 aromatic carbocycles. The van der Waals surface area contributed by atoms with E-state index in [4.69, 9.17) is 0 Å². The fourth-order valence-electron chi connectivity index (χ4n) is 3.96. The van der Waals surface area contributed by atoms with Gasteiger partial charge in [-0.3, -0.25) is 9.78 Å². The number of hydrogen-bond donors (Lipinski definition) is 2. The van der Waals surface area contributed by atoms with Crippen molar-refractivity contribution in [3.05, 3.63) is 77.6 Å². The van der Waals surface area contributed by atoms with E-state index < -0.39 is 34.8 Å². The lowest BCUT2D eigenvalue weighted by Crippen LogP contribution is -2.28. The van der Waals surface area contributed by atoms with Crippen LogP contribution < -0.4 is 5.32 Å². The molecule has 2 N–H and O–H groups in total. The molecular formula is C23H15F5N6O. The topological polar surface area (TPSA) is 96.5 Å². The van der Waals surface area contributed by atoms with Crippen molar-refractivity contribution in [2.45, 2.75) is 24.4 Å². The average molecular weight is 486 g/mol. The van der Waals surface area contributed by atoms with Crippen molar-refractivity contribution in [2.75, 3.05) is 5.32 Å². The number of tetrazole rings is 1. The quantitative estimate of drug-likeness (QED) is 0.392. The zero-order chi connectivity index (χ0) is 24.8. The van der Waals surface area contributed by atoms with Crippen molar-refractivity contribution >= 4 is 11.6 Å². The second kappa shape index (κ2) is 8.22. The van der Waals surface area contributed by atoms with Gasteiger partial charge in [0.05, 0.1) is 5.41 Å². The Morgan fingerprint density at radius 1 is 1.00 bits per heavy atom. The number of anilines is 1. The molecule has 0 bridgehead atoms. The van der Waals surface area contributed by atoms with Crippen molar-refractivity contribution in [1.29, 1.82) is 0 Å². The van der Waals surface area contributed by atoms with Crippen LogP contribution in [-0.4, -0.2) is 31.5 Å². The summed E-state index contributed by atoms with van der Waals surface area (Å²) in [5.41, 5.74) is -0.951. The molecule has 1 fully saturated rings. The summed E-state index contributed by atoms with van der Waals surface area (Å²) in [7, 11) is 0. The molecule has 1 saturated carbocycles. The number of alkyl halides is 3. The standard InChI is InChI=1S/C23H15F5N6O/c24-13-1-4-17(18(25)10-13)22(6-7-22)21(35)30-14-2-3-15(16(11-14)20-31-33-34-32-20)12-5-8-29-19(9-12)23(26,27)28/h1-5,8-11H,6-7H2,(H,30,35)(H,31,32,33,34). The highest BCUT2D eigenvalue weighted by Gasteiger charge is 2.52. The second-order valence-corrected chi connectivity index (χ2v) is 8.08. The maximum atomic E-state index is 14.4. The van der Waals surface area contributed by atoms with Gasteiger partial charge in [-0.25, -0.2) is 8.78 Å². The number of nitrogens with one attached hydrogen (secondary N) is 2. The number of rotatable bonds is 5. The van der Waals surface area contributed by atoms with Gasteiger partial charge in [-0.05, 0) is 59.5 Å². The van der Waals surface area contributed by atoms with Gasteiger partial charge in [-0.1, -0.05) is 12.1 Å². The van der Waals surface area contributed by atoms with E-state index in [1.54, 1.807) is 0 Å². The summed E-state index contributed by atoms with van der Waals surface area (Å²) in [6.07, 6.45) is -2.82. The first-order chi connectivity index (χ1) is 16.7. The van der Waals surface area contributed by atoms with E-state index in [0.29, 0.717) is 24.0 Å². The average Bonchev–Trinajstić information content (AvgIpc) is 3.43. The lowest BCUT2D eigenvalue weighted by molar-refractivity contribution is -0.141. The van der Waals surface area contributed by atoms with Crippen molar-refractivity contribution in [3.8, 4) is 22.5 Å². The molecule has 0 radical (unpaired) electrons. The third kappa shape index (κ3) is 4.22. The van der Waals surface area contributed by atoms with Gasteiger partial charge in [0, 0.05) is 29.1 Å². The number of H-pyrrole nitrogens is 1. The van der Waals surface area contributed by atoms with Crippen LogP contribution in [0, 0.1) is 11.6 Å². The molecule has 1 aliphatic rings. The molecule has 2 heterocycles. The number of hydrogen-bond acceptors (Lipinski definition) is 5. The summed E-state index contributed by atoms with van der Waals surface area (Å²) in [5.74, 6) is -1.95. The predicted octanol–water partition coefficient (Wildman–Crippen LogP) is 4.90. The van der Waals surface area contributed by atoms with Gasteiger partial charge in [0.15, 0.2) is 0 Å². The van der Waals surface area contributed by atoms with Crippen LogP contribution in [0.3, 0.4) is 0 Å². The molecule has 12 heteroatoms. The SMILES string of the molecule is O=C(Nc1ccc(-c2ccnc(C(F)(F)F)c2)c(-c2nn[nH]n2)c1)C1(c2ccc(F)cc2F)CC1. The van der Waals surface area contributed by atoms with Gasteiger partial charge in [-0.15, -0.1) is 10.2 Å². The van der Waals surface area contributed by atoms with Crippen molar-refractivity contribution < 1.29 is 26.7 Å². The van der Waals surface area contributed by atoms with Gasteiger partial charge in [0.2, 0.25) is 11.7 Å². The molecule has 0 aliphatic heterocycles. The maximum Gasteiger partial charge on any atom is 0.433 e. The molecule has 1 aliphatic carbocycles. The van der Waals surface area contributed by atoms with E-state index in [2.05, 4.69) is 30.9 Å². The molecule has 35 heavy (non-hydrogen) atoms. The van der Waals surface area contributed by atoms with Crippen LogP contribution in [0.4, 0.5) is 27.6 Å². The summed E-state index contributed by atoms with van der Waals surface area (Å²) in [6.45, 7) is 0. The Morgan fingerprint density at radius 2 is 1.80 bits per heavy atom. The molecular weight excluding hydrogens is 471 g/mol. The Hall–Kier alpha value is -4.22. The summed E-state index contributed by atoms with van der Waals surface area (Å²) in [4.78, 5) is 16.5. The van der Waals surface area contributed by atoms with Crippen LogP contribution in [-0.2, 0) is 16.4 Å². The van der Waals surface area contributed by atoms with Crippen LogP contribution in [0.15, 0.2) is 54.7 Å². The molecule has 4 aromatic rings. The van der Waals surface area contributed by atoms with Gasteiger partial charge >= 0.3 is 6.18 Å².